The van der Waals surface area contributed by atoms with E-state index < -0.39 is 16.6 Å². The standard InChI is InChI=1S/C14H14O4S/c1-19(17,18)11-7-8-12(13(9-11)14(15)16)10-5-3-2-4-6-10/h2-9,17-18H,1H3,(H,15,16)/p+1. The molecule has 5 heteroatoms. The Kier molecular flexibility index (Phi) is 3.61. The van der Waals surface area contributed by atoms with Crippen LogP contribution in [0.3, 0.4) is 0 Å². The first kappa shape index (κ1) is 13.6. The molecule has 0 aliphatic carbocycles. The van der Waals surface area contributed by atoms with Gasteiger partial charge in [-0.3, -0.25) is 4.55 Å². The van der Waals surface area contributed by atoms with Gasteiger partial charge in [-0.1, -0.05) is 47.0 Å². The van der Waals surface area contributed by atoms with Crippen LogP contribution < -0.4 is 0 Å². The smallest absolute Gasteiger partial charge is 0.336 e. The van der Waals surface area contributed by atoms with Crippen LogP contribution in [0.2, 0.25) is 0 Å². The van der Waals surface area contributed by atoms with Crippen molar-refractivity contribution >= 4 is 16.6 Å². The zero-order chi connectivity index (χ0) is 14.0. The molecule has 0 bridgehead atoms. The lowest BCUT2D eigenvalue weighted by Gasteiger charge is -2.23. The molecule has 19 heavy (non-hydrogen) atoms. The van der Waals surface area contributed by atoms with Gasteiger partial charge in [0.15, 0.2) is 0 Å². The summed E-state index contributed by atoms with van der Waals surface area (Å²) >= 11 is 0. The van der Waals surface area contributed by atoms with Gasteiger partial charge in [0.05, 0.1) is 11.8 Å². The molecular formula is C14H15O4S+. The van der Waals surface area contributed by atoms with E-state index in [-0.39, 0.29) is 5.56 Å². The van der Waals surface area contributed by atoms with E-state index in [2.05, 4.69) is 0 Å². The highest BCUT2D eigenvalue weighted by Crippen LogP contribution is 2.45. The van der Waals surface area contributed by atoms with Gasteiger partial charge in [0.1, 0.15) is 4.90 Å². The lowest BCUT2D eigenvalue weighted by Crippen LogP contribution is -2.03. The first-order valence-electron chi connectivity index (χ1n) is 5.58. The summed E-state index contributed by atoms with van der Waals surface area (Å²) in [5, 5.41) is 9.28. The van der Waals surface area contributed by atoms with Crippen molar-refractivity contribution in [2.24, 2.45) is 0 Å². The van der Waals surface area contributed by atoms with Crippen LogP contribution in [0.1, 0.15) is 10.4 Å². The van der Waals surface area contributed by atoms with Crippen molar-refractivity contribution in [3.05, 3.63) is 54.1 Å². The van der Waals surface area contributed by atoms with Crippen molar-refractivity contribution in [3.63, 3.8) is 0 Å². The van der Waals surface area contributed by atoms with Gasteiger partial charge >= 0.3 is 5.97 Å². The molecule has 4 N–H and O–H groups in total. The zero-order valence-corrected chi connectivity index (χ0v) is 11.1. The van der Waals surface area contributed by atoms with E-state index in [1.54, 1.807) is 12.1 Å². The molecule has 2 aromatic carbocycles. The van der Waals surface area contributed by atoms with Crippen LogP contribution in [0.5, 0.6) is 0 Å². The third-order valence-corrected chi connectivity index (χ3v) is 3.94. The lowest BCUT2D eigenvalue weighted by atomic mass is 10.00. The molecule has 2 rings (SSSR count). The highest BCUT2D eigenvalue weighted by molar-refractivity contribution is 8.23. The number of hydrogen-bond acceptors (Lipinski definition) is 2. The Hall–Kier alpha value is -1.82. The average Bonchev–Trinajstić information content (AvgIpc) is 2.38. The summed E-state index contributed by atoms with van der Waals surface area (Å²) in [7, 11) is -2.67. The van der Waals surface area contributed by atoms with E-state index in [0.717, 1.165) is 5.56 Å². The summed E-state index contributed by atoms with van der Waals surface area (Å²) in [5.74, 6) is -1.07. The number of benzene rings is 2. The fraction of sp³-hybridized carbons (Fsp3) is 0.0714. The number of hydrogen-bond donors (Lipinski definition) is 2. The third-order valence-electron chi connectivity index (χ3n) is 2.77. The van der Waals surface area contributed by atoms with Crippen molar-refractivity contribution in [1.29, 1.82) is 0 Å². The van der Waals surface area contributed by atoms with Crippen LogP contribution >= 0.6 is 10.6 Å². The Labute approximate surface area is 112 Å². The summed E-state index contributed by atoms with van der Waals surface area (Å²) in [4.78, 5) is 11.7. The Morgan fingerprint density at radius 2 is 1.79 bits per heavy atom. The van der Waals surface area contributed by atoms with Gasteiger partial charge in [-0.05, 0) is 23.3 Å². The Morgan fingerprint density at radius 1 is 1.16 bits per heavy atom. The van der Waals surface area contributed by atoms with E-state index in [0.29, 0.717) is 10.5 Å². The predicted molar refractivity (Wildman–Crippen MR) is 76.9 cm³/mol. The number of carboxylic acid groups (broad SMARTS) is 1. The molecule has 0 aliphatic heterocycles. The van der Waals surface area contributed by atoms with Crippen LogP contribution in [-0.2, 0) is 0 Å². The molecule has 0 amide bonds. The average molecular weight is 279 g/mol. The number of rotatable bonds is 3. The van der Waals surface area contributed by atoms with Gasteiger partial charge in [-0.25, -0.2) is 4.79 Å². The predicted octanol–water partition coefficient (Wildman–Crippen LogP) is 2.96. The molecule has 0 aliphatic rings. The molecule has 4 nitrogen and oxygen atoms in total. The largest absolute Gasteiger partial charge is 0.478 e. The molecule has 0 aromatic heterocycles. The van der Waals surface area contributed by atoms with E-state index in [1.165, 1.54) is 12.3 Å². The summed E-state index contributed by atoms with van der Waals surface area (Å²) in [5.41, 5.74) is 1.48. The van der Waals surface area contributed by atoms with Gasteiger partial charge in [-0.2, -0.15) is 0 Å². The second kappa shape index (κ2) is 5.05. The van der Waals surface area contributed by atoms with Gasteiger partial charge in [0.25, 0.3) is 0 Å². The Bertz CT molecular complexity index is 603. The second-order valence-corrected chi connectivity index (χ2v) is 6.48. The number of carbonyl (C=O) groups is 1. The molecule has 2 aromatic rings. The maximum atomic E-state index is 11.3. The lowest BCUT2D eigenvalue weighted by molar-refractivity contribution is 0.0697. The molecule has 0 saturated heterocycles. The van der Waals surface area contributed by atoms with Crippen molar-refractivity contribution < 1.29 is 19.0 Å². The zero-order valence-electron chi connectivity index (χ0n) is 10.3. The summed E-state index contributed by atoms with van der Waals surface area (Å²) in [6, 6.07) is 13.8. The maximum absolute atomic E-state index is 11.3. The maximum Gasteiger partial charge on any atom is 0.336 e. The fourth-order valence-corrected chi connectivity index (χ4v) is 2.50. The Balaban J connectivity index is 2.61. The molecule has 100 valence electrons. The topological polar surface area (TPSA) is 80.4 Å². The van der Waals surface area contributed by atoms with E-state index in [1.807, 2.05) is 30.3 Å². The first-order chi connectivity index (χ1) is 8.89. The van der Waals surface area contributed by atoms with E-state index >= 15 is 0 Å². The third kappa shape index (κ3) is 2.96. The Morgan fingerprint density at radius 3 is 2.32 bits per heavy atom. The first-order valence-corrected chi connectivity index (χ1v) is 7.57. The van der Waals surface area contributed by atoms with Crippen LogP contribution in [-0.4, -0.2) is 26.4 Å². The van der Waals surface area contributed by atoms with Gasteiger partial charge in [0.2, 0.25) is 0 Å². The number of aromatic carboxylic acids is 1. The van der Waals surface area contributed by atoms with Crippen molar-refractivity contribution in [1.82, 2.24) is 0 Å². The van der Waals surface area contributed by atoms with Gasteiger partial charge in [-0.15, -0.1) is 0 Å². The molecule has 0 saturated carbocycles. The van der Waals surface area contributed by atoms with E-state index in [4.69, 9.17) is 4.55 Å². The summed E-state index contributed by atoms with van der Waals surface area (Å²) < 4.78 is 17.3. The minimum Gasteiger partial charge on any atom is -0.478 e. The highest BCUT2D eigenvalue weighted by atomic mass is 32.3. The summed E-state index contributed by atoms with van der Waals surface area (Å²) in [6.07, 6.45) is 1.39. The molecular weight excluding hydrogens is 264 g/mol. The minimum absolute atomic E-state index is 0.101. The van der Waals surface area contributed by atoms with Gasteiger partial charge < -0.3 is 9.66 Å². The van der Waals surface area contributed by atoms with E-state index in [9.17, 15) is 14.5 Å². The van der Waals surface area contributed by atoms with Crippen LogP contribution in [0, 0.1) is 0 Å². The monoisotopic (exact) mass is 279 g/mol. The van der Waals surface area contributed by atoms with Crippen LogP contribution in [0.25, 0.3) is 11.1 Å². The van der Waals surface area contributed by atoms with Crippen molar-refractivity contribution in [2.75, 3.05) is 6.26 Å². The normalized spacial score (nSPS) is 15.5. The highest BCUT2D eigenvalue weighted by Gasteiger charge is 2.18. The fourth-order valence-electron chi connectivity index (χ4n) is 1.82. The quantitative estimate of drug-likeness (QED) is 0.848. The molecule has 0 spiro atoms. The molecule has 1 unspecified atom stereocenters. The number of carboxylic acids is 1. The van der Waals surface area contributed by atoms with Crippen molar-refractivity contribution in [2.45, 2.75) is 4.90 Å². The van der Waals surface area contributed by atoms with Crippen molar-refractivity contribution in [3.8, 4) is 11.1 Å². The minimum atomic E-state index is -2.67. The summed E-state index contributed by atoms with van der Waals surface area (Å²) in [6.45, 7) is 0. The molecule has 1 atom stereocenters. The second-order valence-electron chi connectivity index (χ2n) is 4.25. The molecule has 0 fully saturated rings. The van der Waals surface area contributed by atoms with Crippen LogP contribution in [0.4, 0.5) is 0 Å². The SMILES string of the molecule is CS(O)([OH2+])c1ccc(-c2ccccc2)c(C(=O)O)c1. The molecule has 0 radical (unpaired) electrons. The van der Waals surface area contributed by atoms with Gasteiger partial charge in [0, 0.05) is 0 Å². The molecule has 0 heterocycles. The van der Waals surface area contributed by atoms with Crippen LogP contribution in [0.15, 0.2) is 53.4 Å².